The molecule has 1 unspecified atom stereocenters. The maximum absolute atomic E-state index is 12.3. The van der Waals surface area contributed by atoms with Gasteiger partial charge in [0.15, 0.2) is 0 Å². The van der Waals surface area contributed by atoms with Crippen LogP contribution in [-0.4, -0.2) is 27.0 Å². The number of carbonyl (C=O) groups is 1. The Balaban J connectivity index is 1.80. The van der Waals surface area contributed by atoms with Crippen molar-refractivity contribution in [1.82, 2.24) is 5.32 Å². The molecule has 1 atom stereocenters. The molecule has 1 fully saturated rings. The molecule has 1 amide bonds. The highest BCUT2D eigenvalue weighted by Crippen LogP contribution is 2.37. The topological polar surface area (TPSA) is 72.5 Å². The Morgan fingerprint density at radius 1 is 1.38 bits per heavy atom. The molecule has 1 N–H and O–H groups in total. The fourth-order valence-electron chi connectivity index (χ4n) is 2.88. The fourth-order valence-corrected chi connectivity index (χ4v) is 3.67. The first kappa shape index (κ1) is 14.7. The third-order valence-electron chi connectivity index (χ3n) is 4.08. The summed E-state index contributed by atoms with van der Waals surface area (Å²) >= 11 is 0. The van der Waals surface area contributed by atoms with Crippen LogP contribution in [0.15, 0.2) is 23.1 Å². The van der Waals surface area contributed by atoms with Crippen molar-refractivity contribution in [3.63, 3.8) is 0 Å². The van der Waals surface area contributed by atoms with Gasteiger partial charge in [-0.15, -0.1) is 0 Å². The van der Waals surface area contributed by atoms with Crippen molar-refractivity contribution in [2.24, 2.45) is 5.92 Å². The van der Waals surface area contributed by atoms with Gasteiger partial charge < -0.3 is 10.1 Å². The molecular weight excluding hydrogens is 314 g/mol. The second-order valence-electron chi connectivity index (χ2n) is 5.78. The predicted octanol–water partition coefficient (Wildman–Crippen LogP) is 2.00. The quantitative estimate of drug-likeness (QED) is 0.861. The van der Waals surface area contributed by atoms with Crippen LogP contribution in [0.4, 0.5) is 0 Å². The Morgan fingerprint density at radius 2 is 2.10 bits per heavy atom. The summed E-state index contributed by atoms with van der Waals surface area (Å²) in [5.74, 6) is 0.598. The number of fused-ring (bicyclic) bond motifs is 1. The molecule has 0 saturated heterocycles. The molecule has 1 heterocycles. The molecule has 114 valence electrons. The first-order valence-corrected chi connectivity index (χ1v) is 9.17. The number of rotatable bonds is 3. The number of hydrogen-bond donors (Lipinski definition) is 1. The van der Waals surface area contributed by atoms with E-state index in [4.69, 9.17) is 15.4 Å². The van der Waals surface area contributed by atoms with Crippen molar-refractivity contribution >= 4 is 25.6 Å². The number of nitrogens with one attached hydrogen (secondary N) is 1. The Morgan fingerprint density at radius 3 is 2.71 bits per heavy atom. The van der Waals surface area contributed by atoms with E-state index in [1.165, 1.54) is 12.1 Å². The minimum atomic E-state index is -3.81. The molecule has 3 rings (SSSR count). The summed E-state index contributed by atoms with van der Waals surface area (Å²) in [5, 5.41) is 2.99. The van der Waals surface area contributed by atoms with E-state index >= 15 is 0 Å². The van der Waals surface area contributed by atoms with Gasteiger partial charge in [0, 0.05) is 22.3 Å². The number of carbonyl (C=O) groups excluding carboxylic acids is 1. The van der Waals surface area contributed by atoms with Crippen molar-refractivity contribution in [2.75, 3.05) is 6.61 Å². The average molecular weight is 330 g/mol. The highest BCUT2D eigenvalue weighted by molar-refractivity contribution is 8.13. The zero-order valence-corrected chi connectivity index (χ0v) is 13.1. The van der Waals surface area contributed by atoms with E-state index in [2.05, 4.69) is 12.2 Å². The number of ether oxygens (including phenoxy) is 1. The fraction of sp³-hybridized carbons (Fsp3) is 0.500. The van der Waals surface area contributed by atoms with Gasteiger partial charge in [-0.2, -0.15) is 0 Å². The monoisotopic (exact) mass is 329 g/mol. The summed E-state index contributed by atoms with van der Waals surface area (Å²) in [4.78, 5) is 12.3. The van der Waals surface area contributed by atoms with Crippen molar-refractivity contribution in [3.05, 3.63) is 23.8 Å². The molecule has 1 aromatic rings. The molecule has 21 heavy (non-hydrogen) atoms. The highest BCUT2D eigenvalue weighted by atomic mass is 35.7. The van der Waals surface area contributed by atoms with Gasteiger partial charge >= 0.3 is 0 Å². The zero-order valence-electron chi connectivity index (χ0n) is 11.5. The number of hydrogen-bond acceptors (Lipinski definition) is 4. The van der Waals surface area contributed by atoms with Crippen LogP contribution in [0, 0.1) is 5.92 Å². The summed E-state index contributed by atoms with van der Waals surface area (Å²) in [5.41, 5.74) is 0.585. The van der Waals surface area contributed by atoms with E-state index in [1.54, 1.807) is 6.07 Å². The molecule has 1 saturated carbocycles. The average Bonchev–Trinajstić information content (AvgIpc) is 2.78. The maximum Gasteiger partial charge on any atom is 0.261 e. The minimum Gasteiger partial charge on any atom is -0.492 e. The van der Waals surface area contributed by atoms with Gasteiger partial charge in [0.25, 0.3) is 9.05 Å². The predicted molar refractivity (Wildman–Crippen MR) is 78.0 cm³/mol. The molecule has 0 aromatic heterocycles. The standard InChI is InChI=1S/C14H16ClNO4S/c1-8-4-9(5-8)16-14(17)12-7-20-13-3-2-10(6-11(12)13)21(15,18)19/h2-3,6,8-9,12H,4-5,7H2,1H3,(H,16,17). The Hall–Kier alpha value is -1.27. The lowest BCUT2D eigenvalue weighted by Crippen LogP contribution is -2.45. The highest BCUT2D eigenvalue weighted by Gasteiger charge is 2.35. The van der Waals surface area contributed by atoms with Gasteiger partial charge in [-0.25, -0.2) is 8.42 Å². The lowest BCUT2D eigenvalue weighted by Gasteiger charge is -2.33. The van der Waals surface area contributed by atoms with Gasteiger partial charge in [-0.05, 0) is 37.0 Å². The third-order valence-corrected chi connectivity index (χ3v) is 5.43. The number of halogens is 1. The lowest BCUT2D eigenvalue weighted by molar-refractivity contribution is -0.124. The molecule has 1 aliphatic heterocycles. The summed E-state index contributed by atoms with van der Waals surface area (Å²) in [7, 11) is 1.54. The maximum atomic E-state index is 12.3. The van der Waals surface area contributed by atoms with Gasteiger partial charge in [-0.1, -0.05) is 6.92 Å². The van der Waals surface area contributed by atoms with Crippen LogP contribution in [0.25, 0.3) is 0 Å². The molecule has 0 radical (unpaired) electrons. The van der Waals surface area contributed by atoms with E-state index < -0.39 is 15.0 Å². The molecule has 7 heteroatoms. The van der Waals surface area contributed by atoms with Gasteiger partial charge in [0.05, 0.1) is 4.90 Å². The van der Waals surface area contributed by atoms with Crippen LogP contribution in [0.5, 0.6) is 5.75 Å². The van der Waals surface area contributed by atoms with E-state index in [-0.39, 0.29) is 23.5 Å². The van der Waals surface area contributed by atoms with Crippen LogP contribution >= 0.6 is 10.7 Å². The second-order valence-corrected chi connectivity index (χ2v) is 8.35. The molecular formula is C14H16ClNO4S. The van der Waals surface area contributed by atoms with Crippen molar-refractivity contribution in [1.29, 1.82) is 0 Å². The normalized spacial score (nSPS) is 27.4. The van der Waals surface area contributed by atoms with Crippen LogP contribution in [0.1, 0.15) is 31.2 Å². The van der Waals surface area contributed by atoms with Gasteiger partial charge in [0.2, 0.25) is 5.91 Å². The van der Waals surface area contributed by atoms with Crippen molar-refractivity contribution in [3.8, 4) is 5.75 Å². The second kappa shape index (κ2) is 5.18. The molecule has 2 aliphatic rings. The SMILES string of the molecule is CC1CC(NC(=O)C2COc3ccc(S(=O)(=O)Cl)cc32)C1. The smallest absolute Gasteiger partial charge is 0.261 e. The first-order valence-electron chi connectivity index (χ1n) is 6.86. The molecule has 1 aliphatic carbocycles. The van der Waals surface area contributed by atoms with E-state index in [0.29, 0.717) is 17.2 Å². The third kappa shape index (κ3) is 2.87. The van der Waals surface area contributed by atoms with Crippen molar-refractivity contribution < 1.29 is 17.9 Å². The summed E-state index contributed by atoms with van der Waals surface area (Å²) in [6, 6.07) is 4.58. The van der Waals surface area contributed by atoms with E-state index in [9.17, 15) is 13.2 Å². The number of benzene rings is 1. The lowest BCUT2D eigenvalue weighted by atomic mass is 9.81. The summed E-state index contributed by atoms with van der Waals surface area (Å²) in [6.45, 7) is 2.38. The molecule has 0 spiro atoms. The van der Waals surface area contributed by atoms with Crippen LogP contribution in [-0.2, 0) is 13.8 Å². The zero-order chi connectivity index (χ0) is 15.2. The molecule has 1 aromatic carbocycles. The van der Waals surface area contributed by atoms with E-state index in [0.717, 1.165) is 12.8 Å². The van der Waals surface area contributed by atoms with Crippen molar-refractivity contribution in [2.45, 2.75) is 36.6 Å². The number of amides is 1. The van der Waals surface area contributed by atoms with Crippen LogP contribution in [0.3, 0.4) is 0 Å². The Labute approximate surface area is 128 Å². The van der Waals surface area contributed by atoms with Gasteiger partial charge in [-0.3, -0.25) is 4.79 Å². The summed E-state index contributed by atoms with van der Waals surface area (Å²) in [6.07, 6.45) is 1.98. The van der Waals surface area contributed by atoms with Crippen LogP contribution < -0.4 is 10.1 Å². The largest absolute Gasteiger partial charge is 0.492 e. The van der Waals surface area contributed by atoms with E-state index in [1.807, 2.05) is 0 Å². The molecule has 0 bridgehead atoms. The molecule has 5 nitrogen and oxygen atoms in total. The van der Waals surface area contributed by atoms with Gasteiger partial charge in [0.1, 0.15) is 18.3 Å². The van der Waals surface area contributed by atoms with Crippen LogP contribution in [0.2, 0.25) is 0 Å². The summed E-state index contributed by atoms with van der Waals surface area (Å²) < 4.78 is 28.3. The minimum absolute atomic E-state index is 0.0107. The first-order chi connectivity index (χ1) is 9.84. The Bertz CT molecular complexity index is 682. The Kier molecular flexibility index (Phi) is 3.61.